The summed E-state index contributed by atoms with van der Waals surface area (Å²) in [6.45, 7) is 3.76. The van der Waals surface area contributed by atoms with Crippen LogP contribution >= 0.6 is 0 Å². The molecule has 1 N–H and O–H groups in total. The maximum Gasteiger partial charge on any atom is 0.265 e. The van der Waals surface area contributed by atoms with Crippen LogP contribution in [0.2, 0.25) is 0 Å². The molecule has 0 bridgehead atoms. The zero-order valence-corrected chi connectivity index (χ0v) is 13.2. The third-order valence-electron chi connectivity index (χ3n) is 3.72. The summed E-state index contributed by atoms with van der Waals surface area (Å²) in [4.78, 5) is 12.2. The van der Waals surface area contributed by atoms with Gasteiger partial charge in [0.15, 0.2) is 6.10 Å². The highest BCUT2D eigenvalue weighted by Crippen LogP contribution is 2.21. The van der Waals surface area contributed by atoms with E-state index in [0.717, 1.165) is 22.0 Å². The Morgan fingerprint density at radius 3 is 2.39 bits per heavy atom. The second kappa shape index (κ2) is 6.53. The summed E-state index contributed by atoms with van der Waals surface area (Å²) >= 11 is 0. The molecule has 0 aliphatic rings. The van der Waals surface area contributed by atoms with Gasteiger partial charge < -0.3 is 10.1 Å². The number of rotatable bonds is 4. The minimum atomic E-state index is -0.572. The van der Waals surface area contributed by atoms with Crippen LogP contribution in [0.4, 0.5) is 5.69 Å². The molecule has 1 amide bonds. The highest BCUT2D eigenvalue weighted by atomic mass is 16.5. The molecule has 3 rings (SSSR count). The lowest BCUT2D eigenvalue weighted by Crippen LogP contribution is -2.30. The van der Waals surface area contributed by atoms with Crippen molar-refractivity contribution < 1.29 is 9.53 Å². The highest BCUT2D eigenvalue weighted by molar-refractivity contribution is 5.94. The molecule has 3 heteroatoms. The van der Waals surface area contributed by atoms with E-state index in [2.05, 4.69) is 5.32 Å². The van der Waals surface area contributed by atoms with Gasteiger partial charge in [-0.1, -0.05) is 48.0 Å². The van der Waals surface area contributed by atoms with Crippen LogP contribution in [-0.2, 0) is 4.79 Å². The van der Waals surface area contributed by atoms with E-state index >= 15 is 0 Å². The third-order valence-corrected chi connectivity index (χ3v) is 3.72. The Hall–Kier alpha value is -2.81. The Bertz CT molecular complexity index is 824. The average Bonchev–Trinajstić information content (AvgIpc) is 2.56. The highest BCUT2D eigenvalue weighted by Gasteiger charge is 2.15. The van der Waals surface area contributed by atoms with Crippen molar-refractivity contribution in [2.75, 3.05) is 5.32 Å². The SMILES string of the molecule is Cc1ccc(NC(=O)[C@@H](C)Oc2ccc3ccccc3c2)cc1. The number of nitrogens with one attached hydrogen (secondary N) is 1. The van der Waals surface area contributed by atoms with E-state index < -0.39 is 6.10 Å². The predicted octanol–water partition coefficient (Wildman–Crippen LogP) is 4.55. The van der Waals surface area contributed by atoms with Gasteiger partial charge in [-0.3, -0.25) is 4.79 Å². The number of amides is 1. The first-order valence-electron chi connectivity index (χ1n) is 7.65. The molecule has 0 aromatic heterocycles. The Labute approximate surface area is 135 Å². The molecule has 3 nitrogen and oxygen atoms in total. The van der Waals surface area contributed by atoms with Gasteiger partial charge in [-0.05, 0) is 48.9 Å². The molecular formula is C20H19NO2. The number of anilines is 1. The van der Waals surface area contributed by atoms with E-state index in [1.165, 1.54) is 0 Å². The molecule has 3 aromatic carbocycles. The molecule has 0 unspecified atom stereocenters. The second-order valence-corrected chi connectivity index (χ2v) is 5.62. The second-order valence-electron chi connectivity index (χ2n) is 5.62. The predicted molar refractivity (Wildman–Crippen MR) is 93.8 cm³/mol. The molecule has 116 valence electrons. The van der Waals surface area contributed by atoms with Crippen molar-refractivity contribution in [2.45, 2.75) is 20.0 Å². The molecule has 0 spiro atoms. The van der Waals surface area contributed by atoms with Gasteiger partial charge >= 0.3 is 0 Å². The van der Waals surface area contributed by atoms with Gasteiger partial charge in [0.05, 0.1) is 0 Å². The normalized spacial score (nSPS) is 11.9. The van der Waals surface area contributed by atoms with Gasteiger partial charge in [-0.15, -0.1) is 0 Å². The third kappa shape index (κ3) is 3.69. The van der Waals surface area contributed by atoms with Gasteiger partial charge in [-0.2, -0.15) is 0 Å². The smallest absolute Gasteiger partial charge is 0.265 e. The standard InChI is InChI=1S/C20H19NO2/c1-14-7-10-18(11-8-14)21-20(22)15(2)23-19-12-9-16-5-3-4-6-17(16)13-19/h3-13,15H,1-2H3,(H,21,22)/t15-/m1/s1. The van der Waals surface area contributed by atoms with Crippen molar-refractivity contribution in [3.8, 4) is 5.75 Å². The van der Waals surface area contributed by atoms with Gasteiger partial charge in [0, 0.05) is 5.69 Å². The number of ether oxygens (including phenoxy) is 1. The van der Waals surface area contributed by atoms with Crippen LogP contribution in [0.3, 0.4) is 0 Å². The van der Waals surface area contributed by atoms with Crippen molar-refractivity contribution in [2.24, 2.45) is 0 Å². The Morgan fingerprint density at radius 2 is 1.65 bits per heavy atom. The first kappa shape index (κ1) is 15.1. The number of hydrogen-bond acceptors (Lipinski definition) is 2. The van der Waals surface area contributed by atoms with Crippen molar-refractivity contribution >= 4 is 22.4 Å². The van der Waals surface area contributed by atoms with E-state index in [9.17, 15) is 4.79 Å². The maximum atomic E-state index is 12.2. The number of benzene rings is 3. The van der Waals surface area contributed by atoms with Crippen molar-refractivity contribution in [3.63, 3.8) is 0 Å². The molecule has 3 aromatic rings. The van der Waals surface area contributed by atoms with E-state index in [4.69, 9.17) is 4.74 Å². The van der Waals surface area contributed by atoms with Crippen molar-refractivity contribution in [1.82, 2.24) is 0 Å². The Balaban J connectivity index is 1.68. The lowest BCUT2D eigenvalue weighted by atomic mass is 10.1. The zero-order valence-electron chi connectivity index (χ0n) is 13.2. The zero-order chi connectivity index (χ0) is 16.2. The van der Waals surface area contributed by atoms with Crippen LogP contribution in [-0.4, -0.2) is 12.0 Å². The lowest BCUT2D eigenvalue weighted by molar-refractivity contribution is -0.122. The Kier molecular flexibility index (Phi) is 4.29. The summed E-state index contributed by atoms with van der Waals surface area (Å²) in [5, 5.41) is 5.11. The van der Waals surface area contributed by atoms with Gasteiger partial charge in [0.2, 0.25) is 0 Å². The van der Waals surface area contributed by atoms with Crippen LogP contribution in [0, 0.1) is 6.92 Å². The number of carbonyl (C=O) groups excluding carboxylic acids is 1. The average molecular weight is 305 g/mol. The fourth-order valence-electron chi connectivity index (χ4n) is 2.38. The minimum Gasteiger partial charge on any atom is -0.481 e. The fraction of sp³-hybridized carbons (Fsp3) is 0.150. The monoisotopic (exact) mass is 305 g/mol. The van der Waals surface area contributed by atoms with Crippen LogP contribution in [0.5, 0.6) is 5.75 Å². The minimum absolute atomic E-state index is 0.165. The molecule has 1 atom stereocenters. The molecule has 0 aliphatic heterocycles. The molecule has 0 heterocycles. The van der Waals surface area contributed by atoms with Gasteiger partial charge in [0.1, 0.15) is 5.75 Å². The number of hydrogen-bond donors (Lipinski definition) is 1. The lowest BCUT2D eigenvalue weighted by Gasteiger charge is -2.15. The molecular weight excluding hydrogens is 286 g/mol. The van der Waals surface area contributed by atoms with E-state index in [0.29, 0.717) is 5.75 Å². The first-order valence-corrected chi connectivity index (χ1v) is 7.65. The number of aryl methyl sites for hydroxylation is 1. The first-order chi connectivity index (χ1) is 11.1. The molecule has 0 radical (unpaired) electrons. The summed E-state index contributed by atoms with van der Waals surface area (Å²) in [7, 11) is 0. The molecule has 0 saturated heterocycles. The van der Waals surface area contributed by atoms with Crippen LogP contribution in [0.15, 0.2) is 66.7 Å². The van der Waals surface area contributed by atoms with Gasteiger partial charge in [0.25, 0.3) is 5.91 Å². The summed E-state index contributed by atoms with van der Waals surface area (Å²) < 4.78 is 5.77. The number of carbonyl (C=O) groups is 1. The van der Waals surface area contributed by atoms with Crippen molar-refractivity contribution in [1.29, 1.82) is 0 Å². The van der Waals surface area contributed by atoms with Crippen molar-refractivity contribution in [3.05, 3.63) is 72.3 Å². The number of fused-ring (bicyclic) bond motifs is 1. The van der Waals surface area contributed by atoms with E-state index in [1.807, 2.05) is 73.7 Å². The summed E-state index contributed by atoms with van der Waals surface area (Å²) in [5.74, 6) is 0.525. The maximum absolute atomic E-state index is 12.2. The molecule has 0 aliphatic carbocycles. The fourth-order valence-corrected chi connectivity index (χ4v) is 2.38. The van der Waals surface area contributed by atoms with Crippen LogP contribution in [0.25, 0.3) is 10.8 Å². The van der Waals surface area contributed by atoms with E-state index in [-0.39, 0.29) is 5.91 Å². The summed E-state index contributed by atoms with van der Waals surface area (Å²) in [6, 6.07) is 21.6. The van der Waals surface area contributed by atoms with Crippen LogP contribution < -0.4 is 10.1 Å². The van der Waals surface area contributed by atoms with Gasteiger partial charge in [-0.25, -0.2) is 0 Å². The topological polar surface area (TPSA) is 38.3 Å². The largest absolute Gasteiger partial charge is 0.481 e. The Morgan fingerprint density at radius 1 is 0.957 bits per heavy atom. The molecule has 0 fully saturated rings. The molecule has 0 saturated carbocycles. The molecule has 23 heavy (non-hydrogen) atoms. The summed E-state index contributed by atoms with van der Waals surface area (Å²) in [6.07, 6.45) is -0.572. The summed E-state index contributed by atoms with van der Waals surface area (Å²) in [5.41, 5.74) is 1.93. The van der Waals surface area contributed by atoms with E-state index in [1.54, 1.807) is 6.92 Å². The van der Waals surface area contributed by atoms with Crippen LogP contribution in [0.1, 0.15) is 12.5 Å². The quantitative estimate of drug-likeness (QED) is 0.767.